The quantitative estimate of drug-likeness (QED) is 0.743. The van der Waals surface area contributed by atoms with Gasteiger partial charge in [-0.05, 0) is 39.4 Å². The largest absolute Gasteiger partial charge is 0.306 e. The van der Waals surface area contributed by atoms with Crippen molar-refractivity contribution in [3.8, 4) is 6.07 Å². The Hall–Kier alpha value is -0.640. The zero-order valence-electron chi connectivity index (χ0n) is 10.8. The second-order valence-electron chi connectivity index (χ2n) is 4.62. The molecule has 0 N–H and O–H groups in total. The van der Waals surface area contributed by atoms with Crippen molar-refractivity contribution in [2.75, 3.05) is 27.2 Å². The Labute approximate surface area is 104 Å². The summed E-state index contributed by atoms with van der Waals surface area (Å²) in [5.41, 5.74) is 0. The lowest BCUT2D eigenvalue weighted by Gasteiger charge is -2.35. The topological polar surface area (TPSA) is 64.4 Å². The van der Waals surface area contributed by atoms with Gasteiger partial charge in [-0.25, -0.2) is 12.7 Å². The van der Waals surface area contributed by atoms with Crippen molar-refractivity contribution in [2.45, 2.75) is 37.5 Å². The maximum absolute atomic E-state index is 12.2. The fourth-order valence-corrected chi connectivity index (χ4v) is 3.72. The van der Waals surface area contributed by atoms with Gasteiger partial charge in [-0.15, -0.1) is 0 Å². The normalized spacial score (nSPS) is 21.4. The van der Waals surface area contributed by atoms with Crippen LogP contribution in [0, 0.1) is 11.3 Å². The van der Waals surface area contributed by atoms with Gasteiger partial charge < -0.3 is 4.90 Å². The predicted octanol–water partition coefficient (Wildman–Crippen LogP) is 0.644. The SMILES string of the molecule is CCC(C#N)S(=O)(=O)N(C)C1CCN(C)CC1. The van der Waals surface area contributed by atoms with Gasteiger partial charge in [0.15, 0.2) is 5.25 Å². The molecular weight excluding hydrogens is 238 g/mol. The molecule has 1 rings (SSSR count). The standard InChI is InChI=1S/C11H21N3O2S/c1-4-11(9-12)17(15,16)14(3)10-5-7-13(2)8-6-10/h10-11H,4-8H2,1-3H3. The molecule has 98 valence electrons. The Bertz CT molecular complexity index is 380. The van der Waals surface area contributed by atoms with Gasteiger partial charge in [0, 0.05) is 13.1 Å². The molecule has 1 heterocycles. The zero-order chi connectivity index (χ0) is 13.1. The van der Waals surface area contributed by atoms with E-state index >= 15 is 0 Å². The summed E-state index contributed by atoms with van der Waals surface area (Å²) in [4.78, 5) is 2.19. The highest BCUT2D eigenvalue weighted by atomic mass is 32.2. The molecule has 0 aromatic heterocycles. The average Bonchev–Trinajstić information content (AvgIpc) is 2.30. The number of hydrogen-bond donors (Lipinski definition) is 0. The second kappa shape index (κ2) is 5.80. The molecule has 0 bridgehead atoms. The number of likely N-dealkylation sites (tertiary alicyclic amines) is 1. The van der Waals surface area contributed by atoms with Crippen LogP contribution >= 0.6 is 0 Å². The van der Waals surface area contributed by atoms with Crippen LogP contribution < -0.4 is 0 Å². The molecule has 0 aliphatic carbocycles. The first-order valence-corrected chi connectivity index (χ1v) is 7.48. The van der Waals surface area contributed by atoms with E-state index in [1.807, 2.05) is 13.1 Å². The van der Waals surface area contributed by atoms with Crippen molar-refractivity contribution < 1.29 is 8.42 Å². The first-order valence-electron chi connectivity index (χ1n) is 5.98. The summed E-state index contributed by atoms with van der Waals surface area (Å²) in [6, 6.07) is 1.92. The lowest BCUT2D eigenvalue weighted by molar-refractivity contribution is 0.197. The van der Waals surface area contributed by atoms with E-state index in [-0.39, 0.29) is 6.04 Å². The summed E-state index contributed by atoms with van der Waals surface area (Å²) >= 11 is 0. The molecule has 0 aromatic rings. The van der Waals surface area contributed by atoms with E-state index in [4.69, 9.17) is 5.26 Å². The predicted molar refractivity (Wildman–Crippen MR) is 66.9 cm³/mol. The van der Waals surface area contributed by atoms with E-state index in [2.05, 4.69) is 4.90 Å². The minimum Gasteiger partial charge on any atom is -0.306 e. The summed E-state index contributed by atoms with van der Waals surface area (Å²) in [7, 11) is 0.174. The lowest BCUT2D eigenvalue weighted by Crippen LogP contribution is -2.47. The summed E-state index contributed by atoms with van der Waals surface area (Å²) in [6.07, 6.45) is 2.03. The number of hydrogen-bond acceptors (Lipinski definition) is 4. The molecule has 0 amide bonds. The van der Waals surface area contributed by atoms with Crippen molar-refractivity contribution in [2.24, 2.45) is 0 Å². The molecule has 1 fully saturated rings. The van der Waals surface area contributed by atoms with E-state index in [0.717, 1.165) is 25.9 Å². The van der Waals surface area contributed by atoms with Crippen LogP contribution in [0.1, 0.15) is 26.2 Å². The van der Waals surface area contributed by atoms with Crippen LogP contribution in [0.2, 0.25) is 0 Å². The first kappa shape index (κ1) is 14.4. The van der Waals surface area contributed by atoms with E-state index in [0.29, 0.717) is 6.42 Å². The second-order valence-corrected chi connectivity index (χ2v) is 6.80. The lowest BCUT2D eigenvalue weighted by atomic mass is 10.1. The number of sulfonamides is 1. The molecule has 1 aliphatic rings. The van der Waals surface area contributed by atoms with Crippen molar-refractivity contribution in [3.63, 3.8) is 0 Å². The molecule has 1 unspecified atom stereocenters. The van der Waals surface area contributed by atoms with Crippen molar-refractivity contribution in [1.82, 2.24) is 9.21 Å². The highest BCUT2D eigenvalue weighted by Gasteiger charge is 2.34. The molecule has 0 spiro atoms. The summed E-state index contributed by atoms with van der Waals surface area (Å²) in [6.45, 7) is 3.55. The number of rotatable bonds is 4. The number of nitrogens with zero attached hydrogens (tertiary/aromatic N) is 3. The van der Waals surface area contributed by atoms with Gasteiger partial charge in [0.2, 0.25) is 10.0 Å². The maximum Gasteiger partial charge on any atom is 0.230 e. The Morgan fingerprint density at radius 1 is 1.47 bits per heavy atom. The van der Waals surface area contributed by atoms with E-state index < -0.39 is 15.3 Å². The van der Waals surface area contributed by atoms with Crippen LogP contribution in [0.25, 0.3) is 0 Å². The number of piperidine rings is 1. The Morgan fingerprint density at radius 3 is 2.41 bits per heavy atom. The van der Waals surface area contributed by atoms with E-state index in [1.165, 1.54) is 4.31 Å². The molecule has 0 aromatic carbocycles. The average molecular weight is 259 g/mol. The van der Waals surface area contributed by atoms with Crippen LogP contribution in [0.5, 0.6) is 0 Å². The Kier molecular flexibility index (Phi) is 4.92. The van der Waals surface area contributed by atoms with Crippen molar-refractivity contribution in [3.05, 3.63) is 0 Å². The summed E-state index contributed by atoms with van der Waals surface area (Å²) in [5.74, 6) is 0. The van der Waals surface area contributed by atoms with Gasteiger partial charge in [-0.3, -0.25) is 0 Å². The Morgan fingerprint density at radius 2 is 2.00 bits per heavy atom. The number of nitriles is 1. The fraction of sp³-hybridized carbons (Fsp3) is 0.909. The van der Waals surface area contributed by atoms with Crippen molar-refractivity contribution in [1.29, 1.82) is 5.26 Å². The summed E-state index contributed by atoms with van der Waals surface area (Å²) in [5, 5.41) is 7.98. The first-order chi connectivity index (χ1) is 7.93. The molecule has 1 aliphatic heterocycles. The molecule has 5 nitrogen and oxygen atoms in total. The fourth-order valence-electron chi connectivity index (χ4n) is 2.14. The Balaban J connectivity index is 2.76. The van der Waals surface area contributed by atoms with Gasteiger partial charge in [-0.2, -0.15) is 5.26 Å². The smallest absolute Gasteiger partial charge is 0.230 e. The molecule has 6 heteroatoms. The molecule has 0 radical (unpaired) electrons. The van der Waals surface area contributed by atoms with Crippen LogP contribution in [0.15, 0.2) is 0 Å². The molecule has 1 saturated heterocycles. The molecule has 0 saturated carbocycles. The van der Waals surface area contributed by atoms with Crippen molar-refractivity contribution >= 4 is 10.0 Å². The van der Waals surface area contributed by atoms with E-state index in [1.54, 1.807) is 14.0 Å². The molecule has 17 heavy (non-hydrogen) atoms. The minimum absolute atomic E-state index is 0.0404. The van der Waals surface area contributed by atoms with E-state index in [9.17, 15) is 8.42 Å². The molecule has 1 atom stereocenters. The minimum atomic E-state index is -3.46. The van der Waals surface area contributed by atoms with Gasteiger partial charge in [0.25, 0.3) is 0 Å². The highest BCUT2D eigenvalue weighted by Crippen LogP contribution is 2.20. The van der Waals surface area contributed by atoms with Crippen LogP contribution in [0.4, 0.5) is 0 Å². The summed E-state index contributed by atoms with van der Waals surface area (Å²) < 4.78 is 25.7. The monoisotopic (exact) mass is 259 g/mol. The zero-order valence-corrected chi connectivity index (χ0v) is 11.6. The van der Waals surface area contributed by atoms with Crippen LogP contribution in [-0.4, -0.2) is 56.1 Å². The van der Waals surface area contributed by atoms with Crippen LogP contribution in [-0.2, 0) is 10.0 Å². The van der Waals surface area contributed by atoms with Crippen LogP contribution in [0.3, 0.4) is 0 Å². The third-order valence-corrected chi connectivity index (χ3v) is 5.74. The van der Waals surface area contributed by atoms with Gasteiger partial charge in [0.05, 0.1) is 6.07 Å². The van der Waals surface area contributed by atoms with Gasteiger partial charge in [-0.1, -0.05) is 6.92 Å². The third kappa shape index (κ3) is 3.18. The molecular formula is C11H21N3O2S. The highest BCUT2D eigenvalue weighted by molar-refractivity contribution is 7.90. The van der Waals surface area contributed by atoms with Gasteiger partial charge >= 0.3 is 0 Å². The van der Waals surface area contributed by atoms with Gasteiger partial charge in [0.1, 0.15) is 0 Å². The third-order valence-electron chi connectivity index (χ3n) is 3.48. The maximum atomic E-state index is 12.2.